The van der Waals surface area contributed by atoms with E-state index in [1.807, 2.05) is 48.5 Å². The minimum atomic E-state index is -0.483. The highest BCUT2D eigenvalue weighted by Gasteiger charge is 2.31. The summed E-state index contributed by atoms with van der Waals surface area (Å²) in [7, 11) is 0. The summed E-state index contributed by atoms with van der Waals surface area (Å²) in [5, 5.41) is 3.11. The van der Waals surface area contributed by atoms with Crippen LogP contribution >= 0.6 is 0 Å². The highest BCUT2D eigenvalue weighted by molar-refractivity contribution is 5.83. The molecule has 0 bridgehead atoms. The Bertz CT molecular complexity index is 858. The minimum absolute atomic E-state index is 0.102. The summed E-state index contributed by atoms with van der Waals surface area (Å²) >= 11 is 0. The fourth-order valence-electron chi connectivity index (χ4n) is 3.25. The monoisotopic (exact) mass is 335 g/mol. The SMILES string of the molecule is CC(C)C(NC(=O)C1Cc2ccccc2O1)c1nc2ccccc2[nH]1. The zero-order valence-corrected chi connectivity index (χ0v) is 14.3. The summed E-state index contributed by atoms with van der Waals surface area (Å²) in [6, 6.07) is 15.5. The highest BCUT2D eigenvalue weighted by atomic mass is 16.5. The predicted octanol–water partition coefficient (Wildman–Crippen LogP) is 3.38. The van der Waals surface area contributed by atoms with Crippen molar-refractivity contribution in [2.75, 3.05) is 0 Å². The number of aromatic amines is 1. The molecule has 0 radical (unpaired) electrons. The number of para-hydroxylation sites is 3. The third-order valence-corrected chi connectivity index (χ3v) is 4.61. The molecule has 1 aliphatic rings. The van der Waals surface area contributed by atoms with Gasteiger partial charge in [-0.25, -0.2) is 4.98 Å². The van der Waals surface area contributed by atoms with Gasteiger partial charge in [0, 0.05) is 6.42 Å². The standard InChI is InChI=1S/C20H21N3O2/c1-12(2)18(19-21-14-8-4-5-9-15(14)22-19)23-20(24)17-11-13-7-3-6-10-16(13)25-17/h3-10,12,17-18H,11H2,1-2H3,(H,21,22)(H,23,24). The zero-order chi connectivity index (χ0) is 17.4. The molecule has 2 N–H and O–H groups in total. The molecule has 5 heteroatoms. The molecule has 25 heavy (non-hydrogen) atoms. The van der Waals surface area contributed by atoms with Crippen LogP contribution in [0.4, 0.5) is 0 Å². The van der Waals surface area contributed by atoms with Crippen LogP contribution < -0.4 is 10.1 Å². The maximum Gasteiger partial charge on any atom is 0.262 e. The maximum atomic E-state index is 12.7. The summed E-state index contributed by atoms with van der Waals surface area (Å²) in [6.45, 7) is 4.14. The Morgan fingerprint density at radius 2 is 1.96 bits per heavy atom. The van der Waals surface area contributed by atoms with E-state index in [2.05, 4.69) is 29.1 Å². The van der Waals surface area contributed by atoms with Crippen LogP contribution in [0.15, 0.2) is 48.5 Å². The number of aromatic nitrogens is 2. The third kappa shape index (κ3) is 2.97. The maximum absolute atomic E-state index is 12.7. The summed E-state index contributed by atoms with van der Waals surface area (Å²) < 4.78 is 5.80. The van der Waals surface area contributed by atoms with E-state index in [4.69, 9.17) is 4.74 Å². The van der Waals surface area contributed by atoms with Gasteiger partial charge in [0.1, 0.15) is 11.6 Å². The van der Waals surface area contributed by atoms with Crippen LogP contribution in [0.3, 0.4) is 0 Å². The molecule has 2 atom stereocenters. The van der Waals surface area contributed by atoms with Gasteiger partial charge >= 0.3 is 0 Å². The second-order valence-electron chi connectivity index (χ2n) is 6.79. The fourth-order valence-corrected chi connectivity index (χ4v) is 3.25. The first-order valence-corrected chi connectivity index (χ1v) is 8.61. The van der Waals surface area contributed by atoms with Crippen molar-refractivity contribution < 1.29 is 9.53 Å². The van der Waals surface area contributed by atoms with Crippen LogP contribution in [0.2, 0.25) is 0 Å². The van der Waals surface area contributed by atoms with E-state index < -0.39 is 6.10 Å². The van der Waals surface area contributed by atoms with Crippen LogP contribution in [-0.2, 0) is 11.2 Å². The number of benzene rings is 2. The highest BCUT2D eigenvalue weighted by Crippen LogP contribution is 2.29. The second-order valence-corrected chi connectivity index (χ2v) is 6.79. The van der Waals surface area contributed by atoms with Crippen LogP contribution in [0.1, 0.15) is 31.3 Å². The average Bonchev–Trinajstić information content (AvgIpc) is 3.22. The fraction of sp³-hybridized carbons (Fsp3) is 0.300. The van der Waals surface area contributed by atoms with Crippen molar-refractivity contribution in [3.63, 3.8) is 0 Å². The van der Waals surface area contributed by atoms with Crippen molar-refractivity contribution in [1.82, 2.24) is 15.3 Å². The number of nitrogens with zero attached hydrogens (tertiary/aromatic N) is 1. The first-order chi connectivity index (χ1) is 12.1. The van der Waals surface area contributed by atoms with E-state index in [9.17, 15) is 4.79 Å². The lowest BCUT2D eigenvalue weighted by molar-refractivity contribution is -0.128. The molecule has 0 spiro atoms. The molecule has 3 aromatic rings. The lowest BCUT2D eigenvalue weighted by atomic mass is 10.0. The first kappa shape index (κ1) is 15.7. The van der Waals surface area contributed by atoms with Crippen molar-refractivity contribution in [2.45, 2.75) is 32.4 Å². The number of amides is 1. The van der Waals surface area contributed by atoms with E-state index in [1.165, 1.54) is 0 Å². The number of fused-ring (bicyclic) bond motifs is 2. The number of H-pyrrole nitrogens is 1. The quantitative estimate of drug-likeness (QED) is 0.768. The summed E-state index contributed by atoms with van der Waals surface area (Å²) in [6.07, 6.45) is 0.121. The molecule has 0 saturated carbocycles. The number of hydrogen-bond donors (Lipinski definition) is 2. The normalized spacial score (nSPS) is 17.3. The van der Waals surface area contributed by atoms with Crippen molar-refractivity contribution in [3.05, 3.63) is 59.9 Å². The topological polar surface area (TPSA) is 67.0 Å². The van der Waals surface area contributed by atoms with Gasteiger partial charge in [-0.3, -0.25) is 4.79 Å². The summed E-state index contributed by atoms with van der Waals surface area (Å²) in [4.78, 5) is 20.7. The Kier molecular flexibility index (Phi) is 3.92. The van der Waals surface area contributed by atoms with Crippen LogP contribution in [0.5, 0.6) is 5.75 Å². The number of hydrogen-bond acceptors (Lipinski definition) is 3. The predicted molar refractivity (Wildman–Crippen MR) is 96.4 cm³/mol. The van der Waals surface area contributed by atoms with Crippen molar-refractivity contribution in [2.24, 2.45) is 5.92 Å². The molecule has 1 amide bonds. The van der Waals surface area contributed by atoms with Gasteiger partial charge in [0.15, 0.2) is 6.10 Å². The lowest BCUT2D eigenvalue weighted by Gasteiger charge is -2.22. The van der Waals surface area contributed by atoms with Gasteiger partial charge < -0.3 is 15.0 Å². The molecule has 0 aliphatic carbocycles. The van der Waals surface area contributed by atoms with Gasteiger partial charge in [-0.1, -0.05) is 44.2 Å². The Hall–Kier alpha value is -2.82. The third-order valence-electron chi connectivity index (χ3n) is 4.61. The van der Waals surface area contributed by atoms with Crippen molar-refractivity contribution >= 4 is 16.9 Å². The van der Waals surface area contributed by atoms with E-state index in [0.717, 1.165) is 28.2 Å². The molecule has 2 heterocycles. The smallest absolute Gasteiger partial charge is 0.262 e. The molecular formula is C20H21N3O2. The van der Waals surface area contributed by atoms with Crippen molar-refractivity contribution in [1.29, 1.82) is 0 Å². The first-order valence-electron chi connectivity index (χ1n) is 8.61. The molecule has 0 fully saturated rings. The van der Waals surface area contributed by atoms with Gasteiger partial charge in [-0.15, -0.1) is 0 Å². The average molecular weight is 335 g/mol. The lowest BCUT2D eigenvalue weighted by Crippen LogP contribution is -2.41. The Balaban J connectivity index is 1.53. The number of carbonyl (C=O) groups is 1. The summed E-state index contributed by atoms with van der Waals surface area (Å²) in [5.74, 6) is 1.68. The van der Waals surface area contributed by atoms with E-state index in [-0.39, 0.29) is 17.9 Å². The van der Waals surface area contributed by atoms with Gasteiger partial charge in [-0.2, -0.15) is 0 Å². The number of nitrogens with one attached hydrogen (secondary N) is 2. The summed E-state index contributed by atoms with van der Waals surface area (Å²) in [5.41, 5.74) is 2.95. The number of ether oxygens (including phenoxy) is 1. The van der Waals surface area contributed by atoms with Gasteiger partial charge in [0.25, 0.3) is 5.91 Å². The molecule has 2 aromatic carbocycles. The van der Waals surface area contributed by atoms with E-state index >= 15 is 0 Å². The van der Waals surface area contributed by atoms with E-state index in [1.54, 1.807) is 0 Å². The Labute approximate surface area is 146 Å². The molecule has 1 aromatic heterocycles. The largest absolute Gasteiger partial charge is 0.480 e. The molecule has 4 rings (SSSR count). The molecule has 128 valence electrons. The number of imidazole rings is 1. The molecular weight excluding hydrogens is 314 g/mol. The molecule has 0 saturated heterocycles. The molecule has 5 nitrogen and oxygen atoms in total. The zero-order valence-electron chi connectivity index (χ0n) is 14.3. The number of rotatable bonds is 4. The van der Waals surface area contributed by atoms with Crippen molar-refractivity contribution in [3.8, 4) is 5.75 Å². The second kappa shape index (κ2) is 6.24. The van der Waals surface area contributed by atoms with Gasteiger partial charge in [0.2, 0.25) is 0 Å². The van der Waals surface area contributed by atoms with Crippen LogP contribution in [-0.4, -0.2) is 22.0 Å². The Morgan fingerprint density at radius 1 is 1.20 bits per heavy atom. The Morgan fingerprint density at radius 3 is 2.72 bits per heavy atom. The van der Waals surface area contributed by atoms with Crippen LogP contribution in [0.25, 0.3) is 11.0 Å². The van der Waals surface area contributed by atoms with E-state index in [0.29, 0.717) is 6.42 Å². The molecule has 1 aliphatic heterocycles. The molecule has 2 unspecified atom stereocenters. The van der Waals surface area contributed by atoms with Gasteiger partial charge in [-0.05, 0) is 29.7 Å². The minimum Gasteiger partial charge on any atom is -0.480 e. The number of carbonyl (C=O) groups excluding carboxylic acids is 1. The van der Waals surface area contributed by atoms with Crippen LogP contribution in [0, 0.1) is 5.92 Å². The van der Waals surface area contributed by atoms with Gasteiger partial charge in [0.05, 0.1) is 17.1 Å².